The van der Waals surface area contributed by atoms with Gasteiger partial charge in [0, 0.05) is 40.3 Å². The van der Waals surface area contributed by atoms with Gasteiger partial charge in [0.05, 0.1) is 5.41 Å². The smallest absolute Gasteiger partial charge is 0.235 e. The van der Waals surface area contributed by atoms with Crippen molar-refractivity contribution < 1.29 is 4.79 Å². The van der Waals surface area contributed by atoms with Crippen molar-refractivity contribution in [3.8, 4) is 0 Å². The second-order valence-electron chi connectivity index (χ2n) is 7.63. The third kappa shape index (κ3) is 3.66. The zero-order valence-electron chi connectivity index (χ0n) is 15.7. The molecule has 140 valence electrons. The van der Waals surface area contributed by atoms with E-state index in [4.69, 9.17) is 0 Å². The summed E-state index contributed by atoms with van der Waals surface area (Å²) in [5.41, 5.74) is 2.77. The Morgan fingerprint density at radius 2 is 2.00 bits per heavy atom. The minimum absolute atomic E-state index is 0.0898. The van der Waals surface area contributed by atoms with E-state index >= 15 is 0 Å². The predicted octanol–water partition coefficient (Wildman–Crippen LogP) is 4.64. The molecule has 2 aromatic carbocycles. The van der Waals surface area contributed by atoms with Crippen LogP contribution in [0.1, 0.15) is 18.4 Å². The summed E-state index contributed by atoms with van der Waals surface area (Å²) in [5, 5.41) is 4.29. The van der Waals surface area contributed by atoms with Crippen molar-refractivity contribution >= 4 is 38.4 Å². The predicted molar refractivity (Wildman–Crippen MR) is 114 cm³/mol. The van der Waals surface area contributed by atoms with E-state index in [9.17, 15) is 4.79 Å². The third-order valence-electron chi connectivity index (χ3n) is 5.38. The Morgan fingerprint density at radius 3 is 2.70 bits per heavy atom. The molecule has 1 aliphatic rings. The average Bonchev–Trinajstić information content (AvgIpc) is 3.36. The van der Waals surface area contributed by atoms with Crippen LogP contribution in [0.5, 0.6) is 0 Å². The van der Waals surface area contributed by atoms with E-state index in [0.29, 0.717) is 0 Å². The number of fused-ring (bicyclic) bond motifs is 1. The summed E-state index contributed by atoms with van der Waals surface area (Å²) < 4.78 is 3.27. The molecule has 0 aliphatic heterocycles. The summed E-state index contributed by atoms with van der Waals surface area (Å²) in [5.74, 6) is 0.0898. The van der Waals surface area contributed by atoms with Crippen LogP contribution in [0, 0.1) is 0 Å². The quantitative estimate of drug-likeness (QED) is 0.624. The van der Waals surface area contributed by atoms with Crippen molar-refractivity contribution in [1.82, 2.24) is 9.47 Å². The summed E-state index contributed by atoms with van der Waals surface area (Å²) >= 11 is 3.51. The van der Waals surface area contributed by atoms with Gasteiger partial charge in [-0.25, -0.2) is 0 Å². The number of halogens is 1. The van der Waals surface area contributed by atoms with Gasteiger partial charge in [0.15, 0.2) is 0 Å². The molecule has 0 atom stereocenters. The standard InChI is InChI=1S/C22H24BrN3O/c1-25(2)12-13-26-11-8-16-14-19(6-7-20(16)26)24-21(27)22(9-10-22)17-4-3-5-18(23)15-17/h3-8,11,14-15H,9-10,12-13H2,1-2H3,(H,24,27). The fourth-order valence-electron chi connectivity index (χ4n) is 3.59. The van der Waals surface area contributed by atoms with E-state index < -0.39 is 0 Å². The number of likely N-dealkylation sites (N-methyl/N-ethyl adjacent to an activating group) is 1. The van der Waals surface area contributed by atoms with Crippen LogP contribution in [0.3, 0.4) is 0 Å². The molecule has 1 saturated carbocycles. The van der Waals surface area contributed by atoms with E-state index in [2.05, 4.69) is 75.3 Å². The number of anilines is 1. The molecule has 0 unspecified atom stereocenters. The molecule has 4 rings (SSSR count). The van der Waals surface area contributed by atoms with Gasteiger partial charge < -0.3 is 14.8 Å². The Balaban J connectivity index is 1.52. The Labute approximate surface area is 168 Å². The summed E-state index contributed by atoms with van der Waals surface area (Å²) in [6.07, 6.45) is 3.92. The highest BCUT2D eigenvalue weighted by Crippen LogP contribution is 2.49. The molecule has 4 nitrogen and oxygen atoms in total. The third-order valence-corrected chi connectivity index (χ3v) is 5.87. The topological polar surface area (TPSA) is 37.3 Å². The van der Waals surface area contributed by atoms with E-state index in [-0.39, 0.29) is 11.3 Å². The Hall–Kier alpha value is -2.11. The first-order chi connectivity index (χ1) is 13.0. The van der Waals surface area contributed by atoms with Crippen molar-refractivity contribution in [2.45, 2.75) is 24.8 Å². The van der Waals surface area contributed by atoms with E-state index in [1.807, 2.05) is 24.3 Å². The van der Waals surface area contributed by atoms with Gasteiger partial charge in [-0.15, -0.1) is 0 Å². The lowest BCUT2D eigenvalue weighted by atomic mass is 9.95. The fourth-order valence-corrected chi connectivity index (χ4v) is 3.99. The maximum absolute atomic E-state index is 13.0. The van der Waals surface area contributed by atoms with Gasteiger partial charge in [0.1, 0.15) is 0 Å². The average molecular weight is 426 g/mol. The van der Waals surface area contributed by atoms with Gasteiger partial charge in [-0.1, -0.05) is 28.1 Å². The Bertz CT molecular complexity index is 988. The van der Waals surface area contributed by atoms with E-state index in [0.717, 1.165) is 47.0 Å². The lowest BCUT2D eigenvalue weighted by Gasteiger charge is -2.16. The summed E-state index contributed by atoms with van der Waals surface area (Å²) in [7, 11) is 4.16. The second kappa shape index (κ2) is 7.13. The van der Waals surface area contributed by atoms with Crippen LogP contribution in [-0.2, 0) is 16.8 Å². The number of carbonyl (C=O) groups is 1. The van der Waals surface area contributed by atoms with Crippen LogP contribution in [0.25, 0.3) is 10.9 Å². The minimum atomic E-state index is -0.379. The van der Waals surface area contributed by atoms with Crippen LogP contribution in [0.15, 0.2) is 59.2 Å². The second-order valence-corrected chi connectivity index (χ2v) is 8.55. The van der Waals surface area contributed by atoms with Crippen LogP contribution >= 0.6 is 15.9 Å². The molecule has 0 bridgehead atoms. The van der Waals surface area contributed by atoms with Crippen molar-refractivity contribution in [1.29, 1.82) is 0 Å². The minimum Gasteiger partial charge on any atom is -0.346 e. The van der Waals surface area contributed by atoms with Crippen LogP contribution in [0.4, 0.5) is 5.69 Å². The van der Waals surface area contributed by atoms with Crippen molar-refractivity contribution in [3.63, 3.8) is 0 Å². The molecule has 27 heavy (non-hydrogen) atoms. The lowest BCUT2D eigenvalue weighted by Crippen LogP contribution is -2.27. The van der Waals surface area contributed by atoms with Gasteiger partial charge in [-0.05, 0) is 68.9 Å². The molecule has 1 fully saturated rings. The first kappa shape index (κ1) is 18.3. The van der Waals surface area contributed by atoms with Gasteiger partial charge in [-0.2, -0.15) is 0 Å². The highest BCUT2D eigenvalue weighted by Gasteiger charge is 2.51. The van der Waals surface area contributed by atoms with E-state index in [1.54, 1.807) is 0 Å². The molecule has 1 amide bonds. The maximum atomic E-state index is 13.0. The van der Waals surface area contributed by atoms with Crippen molar-refractivity contribution in [2.24, 2.45) is 0 Å². The number of benzene rings is 2. The lowest BCUT2D eigenvalue weighted by molar-refractivity contribution is -0.118. The molecule has 1 aromatic heterocycles. The van der Waals surface area contributed by atoms with E-state index in [1.165, 1.54) is 5.52 Å². The number of nitrogens with zero attached hydrogens (tertiary/aromatic N) is 2. The molecule has 5 heteroatoms. The molecular weight excluding hydrogens is 402 g/mol. The van der Waals surface area contributed by atoms with Crippen LogP contribution in [0.2, 0.25) is 0 Å². The van der Waals surface area contributed by atoms with Crippen molar-refractivity contribution in [3.05, 3.63) is 64.8 Å². The molecular formula is C22H24BrN3O. The largest absolute Gasteiger partial charge is 0.346 e. The molecule has 1 aliphatic carbocycles. The molecule has 1 heterocycles. The summed E-state index contributed by atoms with van der Waals surface area (Å²) in [6, 6.07) is 16.4. The van der Waals surface area contributed by atoms with Crippen LogP contribution < -0.4 is 5.32 Å². The van der Waals surface area contributed by atoms with Crippen LogP contribution in [-0.4, -0.2) is 36.0 Å². The Morgan fingerprint density at radius 1 is 1.19 bits per heavy atom. The monoisotopic (exact) mass is 425 g/mol. The number of hydrogen-bond acceptors (Lipinski definition) is 2. The highest BCUT2D eigenvalue weighted by atomic mass is 79.9. The molecule has 0 spiro atoms. The van der Waals surface area contributed by atoms with Gasteiger partial charge in [0.2, 0.25) is 5.91 Å². The van der Waals surface area contributed by atoms with Gasteiger partial charge in [0.25, 0.3) is 0 Å². The first-order valence-electron chi connectivity index (χ1n) is 9.29. The summed E-state index contributed by atoms with van der Waals surface area (Å²) in [4.78, 5) is 15.2. The molecule has 0 saturated heterocycles. The number of carbonyl (C=O) groups excluding carboxylic acids is 1. The zero-order valence-corrected chi connectivity index (χ0v) is 17.3. The fraction of sp³-hybridized carbons (Fsp3) is 0.318. The summed E-state index contributed by atoms with van der Waals surface area (Å²) in [6.45, 7) is 1.95. The molecule has 3 aromatic rings. The highest BCUT2D eigenvalue weighted by molar-refractivity contribution is 9.10. The molecule has 1 N–H and O–H groups in total. The molecule has 0 radical (unpaired) electrons. The number of nitrogens with one attached hydrogen (secondary N) is 1. The number of hydrogen-bond donors (Lipinski definition) is 1. The SMILES string of the molecule is CN(C)CCn1ccc2cc(NC(=O)C3(c4cccc(Br)c4)CC3)ccc21. The Kier molecular flexibility index (Phi) is 4.82. The maximum Gasteiger partial charge on any atom is 0.235 e. The van der Waals surface area contributed by atoms with Gasteiger partial charge in [-0.3, -0.25) is 4.79 Å². The zero-order chi connectivity index (χ0) is 19.0. The first-order valence-corrected chi connectivity index (χ1v) is 10.1. The van der Waals surface area contributed by atoms with Crippen molar-refractivity contribution in [2.75, 3.05) is 26.0 Å². The number of aromatic nitrogens is 1. The number of rotatable bonds is 6. The normalized spacial score (nSPS) is 15.3. The number of amides is 1. The van der Waals surface area contributed by atoms with Gasteiger partial charge >= 0.3 is 0 Å².